The summed E-state index contributed by atoms with van der Waals surface area (Å²) in [5.74, 6) is 0.540. The predicted molar refractivity (Wildman–Crippen MR) is 74.3 cm³/mol. The standard InChI is InChI=1S/C15H21ClFN/c1-2-11-5-3-4-6-15(11)18-10-12-9-13(17)7-8-14(12)16/h7-9,11,15,18H,2-6,10H2,1H3. The van der Waals surface area contributed by atoms with Crippen molar-refractivity contribution in [2.45, 2.75) is 51.6 Å². The third-order valence-corrected chi connectivity index (χ3v) is 4.36. The monoisotopic (exact) mass is 269 g/mol. The zero-order chi connectivity index (χ0) is 13.0. The van der Waals surface area contributed by atoms with Crippen molar-refractivity contribution in [3.63, 3.8) is 0 Å². The fraction of sp³-hybridized carbons (Fsp3) is 0.600. The maximum Gasteiger partial charge on any atom is 0.123 e. The normalized spacial score (nSPS) is 24.2. The van der Waals surface area contributed by atoms with E-state index in [0.29, 0.717) is 17.6 Å². The van der Waals surface area contributed by atoms with Gasteiger partial charge in [-0.25, -0.2) is 4.39 Å². The zero-order valence-corrected chi connectivity index (χ0v) is 11.6. The highest BCUT2D eigenvalue weighted by molar-refractivity contribution is 6.31. The maximum absolute atomic E-state index is 13.2. The average molecular weight is 270 g/mol. The molecule has 0 heterocycles. The minimum absolute atomic E-state index is 0.216. The minimum Gasteiger partial charge on any atom is -0.310 e. The van der Waals surface area contributed by atoms with Crippen LogP contribution in [0, 0.1) is 11.7 Å². The van der Waals surface area contributed by atoms with Crippen molar-refractivity contribution in [3.8, 4) is 0 Å². The quantitative estimate of drug-likeness (QED) is 0.846. The molecule has 1 aliphatic rings. The molecule has 2 rings (SSSR count). The van der Waals surface area contributed by atoms with E-state index in [1.54, 1.807) is 6.07 Å². The van der Waals surface area contributed by atoms with E-state index in [0.717, 1.165) is 11.5 Å². The highest BCUT2D eigenvalue weighted by atomic mass is 35.5. The largest absolute Gasteiger partial charge is 0.310 e. The number of hydrogen-bond donors (Lipinski definition) is 1. The molecule has 18 heavy (non-hydrogen) atoms. The van der Waals surface area contributed by atoms with Crippen LogP contribution in [0.15, 0.2) is 18.2 Å². The Morgan fingerprint density at radius 2 is 2.11 bits per heavy atom. The lowest BCUT2D eigenvalue weighted by Crippen LogP contribution is -2.37. The summed E-state index contributed by atoms with van der Waals surface area (Å²) < 4.78 is 13.2. The number of benzene rings is 1. The van der Waals surface area contributed by atoms with Gasteiger partial charge < -0.3 is 5.32 Å². The Morgan fingerprint density at radius 3 is 2.89 bits per heavy atom. The van der Waals surface area contributed by atoms with Crippen LogP contribution in [0.2, 0.25) is 5.02 Å². The van der Waals surface area contributed by atoms with Gasteiger partial charge in [-0.15, -0.1) is 0 Å². The van der Waals surface area contributed by atoms with Gasteiger partial charge in [0.2, 0.25) is 0 Å². The van der Waals surface area contributed by atoms with Crippen LogP contribution in [0.25, 0.3) is 0 Å². The molecule has 0 spiro atoms. The molecule has 0 aromatic heterocycles. The summed E-state index contributed by atoms with van der Waals surface area (Å²) in [5.41, 5.74) is 0.858. The van der Waals surface area contributed by atoms with Crippen molar-refractivity contribution < 1.29 is 4.39 Å². The highest BCUT2D eigenvalue weighted by Crippen LogP contribution is 2.27. The Hall–Kier alpha value is -0.600. The molecule has 100 valence electrons. The predicted octanol–water partition coefficient (Wildman–Crippen LogP) is 4.54. The molecule has 1 fully saturated rings. The minimum atomic E-state index is -0.216. The molecule has 1 N–H and O–H groups in total. The molecule has 2 atom stereocenters. The molecule has 0 aliphatic heterocycles. The van der Waals surface area contributed by atoms with Crippen molar-refractivity contribution in [2.75, 3.05) is 0 Å². The Kier molecular flexibility index (Phi) is 5.02. The number of nitrogens with one attached hydrogen (secondary N) is 1. The highest BCUT2D eigenvalue weighted by Gasteiger charge is 2.23. The summed E-state index contributed by atoms with van der Waals surface area (Å²) in [4.78, 5) is 0. The summed E-state index contributed by atoms with van der Waals surface area (Å²) in [5, 5.41) is 4.20. The van der Waals surface area contributed by atoms with E-state index >= 15 is 0 Å². The summed E-state index contributed by atoms with van der Waals surface area (Å²) in [6.45, 7) is 2.91. The van der Waals surface area contributed by atoms with Gasteiger partial charge in [-0.1, -0.05) is 37.8 Å². The summed E-state index contributed by atoms with van der Waals surface area (Å²) in [6.07, 6.45) is 6.40. The molecule has 0 saturated heterocycles. The first-order chi connectivity index (χ1) is 8.70. The number of halogens is 2. The van der Waals surface area contributed by atoms with E-state index < -0.39 is 0 Å². The summed E-state index contributed by atoms with van der Waals surface area (Å²) in [6, 6.07) is 5.12. The SMILES string of the molecule is CCC1CCCCC1NCc1cc(F)ccc1Cl. The molecule has 1 nitrogen and oxygen atoms in total. The third kappa shape index (κ3) is 3.46. The molecule has 1 aromatic rings. The Labute approximate surface area is 114 Å². The average Bonchev–Trinajstić information content (AvgIpc) is 2.40. The fourth-order valence-corrected chi connectivity index (χ4v) is 3.07. The van der Waals surface area contributed by atoms with Crippen LogP contribution in [0.4, 0.5) is 4.39 Å². The molecule has 0 amide bonds. The topological polar surface area (TPSA) is 12.0 Å². The van der Waals surface area contributed by atoms with E-state index in [-0.39, 0.29) is 5.82 Å². The number of rotatable bonds is 4. The van der Waals surface area contributed by atoms with Crippen LogP contribution in [-0.2, 0) is 6.54 Å². The molecular weight excluding hydrogens is 249 g/mol. The molecule has 1 saturated carbocycles. The van der Waals surface area contributed by atoms with E-state index in [1.807, 2.05) is 0 Å². The zero-order valence-electron chi connectivity index (χ0n) is 10.9. The van der Waals surface area contributed by atoms with Crippen molar-refractivity contribution >= 4 is 11.6 Å². The Morgan fingerprint density at radius 1 is 1.33 bits per heavy atom. The first-order valence-electron chi connectivity index (χ1n) is 6.88. The van der Waals surface area contributed by atoms with Crippen LogP contribution >= 0.6 is 11.6 Å². The van der Waals surface area contributed by atoms with Crippen LogP contribution in [0.5, 0.6) is 0 Å². The molecule has 3 heteroatoms. The summed E-state index contributed by atoms with van der Waals surface area (Å²) in [7, 11) is 0. The lowest BCUT2D eigenvalue weighted by atomic mass is 9.83. The van der Waals surface area contributed by atoms with Crippen molar-refractivity contribution in [2.24, 2.45) is 5.92 Å². The first-order valence-corrected chi connectivity index (χ1v) is 7.25. The molecule has 0 bridgehead atoms. The lowest BCUT2D eigenvalue weighted by Gasteiger charge is -2.31. The van der Waals surface area contributed by atoms with Crippen molar-refractivity contribution in [1.29, 1.82) is 0 Å². The van der Waals surface area contributed by atoms with E-state index in [9.17, 15) is 4.39 Å². The maximum atomic E-state index is 13.2. The smallest absolute Gasteiger partial charge is 0.123 e. The van der Waals surface area contributed by atoms with Crippen LogP contribution < -0.4 is 5.32 Å². The second kappa shape index (κ2) is 6.53. The van der Waals surface area contributed by atoms with Crippen molar-refractivity contribution in [1.82, 2.24) is 5.32 Å². The van der Waals surface area contributed by atoms with Crippen LogP contribution in [-0.4, -0.2) is 6.04 Å². The fourth-order valence-electron chi connectivity index (χ4n) is 2.88. The van der Waals surface area contributed by atoms with Gasteiger partial charge in [0.25, 0.3) is 0 Å². The third-order valence-electron chi connectivity index (χ3n) is 4.00. The summed E-state index contributed by atoms with van der Waals surface area (Å²) >= 11 is 6.08. The van der Waals surface area contributed by atoms with Gasteiger partial charge in [0.1, 0.15) is 5.82 Å². The van der Waals surface area contributed by atoms with Gasteiger partial charge in [-0.2, -0.15) is 0 Å². The van der Waals surface area contributed by atoms with Gasteiger partial charge >= 0.3 is 0 Å². The van der Waals surface area contributed by atoms with E-state index in [4.69, 9.17) is 11.6 Å². The first kappa shape index (κ1) is 13.8. The lowest BCUT2D eigenvalue weighted by molar-refractivity contribution is 0.254. The second-order valence-corrected chi connectivity index (χ2v) is 5.58. The van der Waals surface area contributed by atoms with Gasteiger partial charge in [-0.05, 0) is 42.5 Å². The van der Waals surface area contributed by atoms with E-state index in [2.05, 4.69) is 12.2 Å². The molecule has 0 radical (unpaired) electrons. The Balaban J connectivity index is 1.95. The molecule has 1 aliphatic carbocycles. The van der Waals surface area contributed by atoms with Gasteiger partial charge in [-0.3, -0.25) is 0 Å². The van der Waals surface area contributed by atoms with Crippen LogP contribution in [0.3, 0.4) is 0 Å². The molecule has 1 aromatic carbocycles. The van der Waals surface area contributed by atoms with E-state index in [1.165, 1.54) is 44.2 Å². The Bertz CT molecular complexity index is 394. The van der Waals surface area contributed by atoms with Gasteiger partial charge in [0.05, 0.1) is 0 Å². The second-order valence-electron chi connectivity index (χ2n) is 5.18. The van der Waals surface area contributed by atoms with Crippen molar-refractivity contribution in [3.05, 3.63) is 34.6 Å². The van der Waals surface area contributed by atoms with Crippen LogP contribution in [0.1, 0.15) is 44.6 Å². The van der Waals surface area contributed by atoms with Gasteiger partial charge in [0, 0.05) is 17.6 Å². The molecular formula is C15H21ClFN. The number of hydrogen-bond acceptors (Lipinski definition) is 1. The molecule has 2 unspecified atom stereocenters. The van der Waals surface area contributed by atoms with Gasteiger partial charge in [0.15, 0.2) is 0 Å².